The van der Waals surface area contributed by atoms with Crippen molar-refractivity contribution in [2.24, 2.45) is 0 Å². The first-order valence-electron chi connectivity index (χ1n) is 5.81. The summed E-state index contributed by atoms with van der Waals surface area (Å²) in [7, 11) is -8.20. The van der Waals surface area contributed by atoms with E-state index in [0.717, 1.165) is 18.2 Å². The van der Waals surface area contributed by atoms with Crippen LogP contribution in [0.15, 0.2) is 18.2 Å². The molecule has 0 bridgehead atoms. The van der Waals surface area contributed by atoms with Crippen LogP contribution in [0.5, 0.6) is 5.75 Å². The van der Waals surface area contributed by atoms with Crippen molar-refractivity contribution in [1.29, 1.82) is 0 Å². The Balaban J connectivity index is 2.69. The molecule has 9 nitrogen and oxygen atoms in total. The fraction of sp³-hybridized carbons (Fsp3) is 0.400. The van der Waals surface area contributed by atoms with Crippen molar-refractivity contribution in [3.8, 4) is 5.75 Å². The number of nitro groups is 1. The van der Waals surface area contributed by atoms with Gasteiger partial charge >= 0.3 is 10.1 Å². The third-order valence-corrected chi connectivity index (χ3v) is 4.74. The van der Waals surface area contributed by atoms with Gasteiger partial charge in [-0.15, -0.1) is 0 Å². The minimum Gasteiger partial charge on any atom is -0.382 e. The summed E-state index contributed by atoms with van der Waals surface area (Å²) in [6.45, 7) is 0. The largest absolute Gasteiger partial charge is 0.382 e. The molecule has 0 amide bonds. The number of hydrogen-bond acceptors (Lipinski definition) is 7. The lowest BCUT2D eigenvalue weighted by atomic mass is 10.3. The highest BCUT2D eigenvalue weighted by Crippen LogP contribution is 2.29. The highest BCUT2D eigenvalue weighted by Gasteiger charge is 2.18. The molecule has 0 unspecified atom stereocenters. The fourth-order valence-electron chi connectivity index (χ4n) is 1.44. The minimum atomic E-state index is -4.15. The van der Waals surface area contributed by atoms with E-state index in [0.29, 0.717) is 0 Å². The molecule has 0 spiro atoms. The molecule has 1 aromatic rings. The predicted molar refractivity (Wildman–Crippen MR) is 78.2 cm³/mol. The summed E-state index contributed by atoms with van der Waals surface area (Å²) in [6.07, 6.45) is -0.125. The molecule has 22 heavy (non-hydrogen) atoms. The van der Waals surface area contributed by atoms with Crippen LogP contribution in [0, 0.1) is 10.1 Å². The van der Waals surface area contributed by atoms with Gasteiger partial charge in [0.25, 0.3) is 15.8 Å². The number of rotatable bonds is 8. The van der Waals surface area contributed by atoms with Gasteiger partial charge in [-0.2, -0.15) is 16.8 Å². The van der Waals surface area contributed by atoms with Gasteiger partial charge in [0.2, 0.25) is 0 Å². The Morgan fingerprint density at radius 3 is 2.32 bits per heavy atom. The van der Waals surface area contributed by atoms with E-state index in [1.807, 2.05) is 0 Å². The normalized spacial score (nSPS) is 12.1. The Labute approximate surface area is 131 Å². The summed E-state index contributed by atoms with van der Waals surface area (Å²) in [4.78, 5) is 9.90. The maximum Gasteiger partial charge on any atom is 0.309 e. The quantitative estimate of drug-likeness (QED) is 0.238. The highest BCUT2D eigenvalue weighted by atomic mass is 35.5. The van der Waals surface area contributed by atoms with Crippen molar-refractivity contribution in [1.82, 2.24) is 0 Å². The number of nitro benzene ring substituents is 1. The number of unbranched alkanes of at least 4 members (excludes halogenated alkanes) is 1. The fourth-order valence-corrected chi connectivity index (χ4v) is 3.23. The summed E-state index contributed by atoms with van der Waals surface area (Å²) in [5.74, 6) is -1.33. The van der Waals surface area contributed by atoms with E-state index in [1.165, 1.54) is 0 Å². The van der Waals surface area contributed by atoms with Crippen LogP contribution in [0.3, 0.4) is 0 Å². The van der Waals surface area contributed by atoms with Gasteiger partial charge in [-0.1, -0.05) is 11.6 Å². The summed E-state index contributed by atoms with van der Waals surface area (Å²) >= 11 is 5.58. The maximum absolute atomic E-state index is 11.7. The number of benzene rings is 1. The molecule has 0 fully saturated rings. The second-order valence-electron chi connectivity index (χ2n) is 4.21. The molecule has 0 aliphatic heterocycles. The van der Waals surface area contributed by atoms with E-state index in [1.54, 1.807) is 0 Å². The zero-order chi connectivity index (χ0) is 17.0. The number of hydrogen-bond donors (Lipinski definition) is 1. The Bertz CT molecular complexity index is 759. The summed E-state index contributed by atoms with van der Waals surface area (Å²) < 4.78 is 57.4. The molecule has 0 radical (unpaired) electrons. The molecule has 0 aliphatic carbocycles. The van der Waals surface area contributed by atoms with Crippen LogP contribution in [0.2, 0.25) is 5.02 Å². The summed E-state index contributed by atoms with van der Waals surface area (Å²) in [5.41, 5.74) is -0.499. The molecule has 0 saturated carbocycles. The van der Waals surface area contributed by atoms with Gasteiger partial charge in [0.1, 0.15) is 10.8 Å². The van der Waals surface area contributed by atoms with E-state index in [4.69, 9.17) is 16.2 Å². The first-order valence-corrected chi connectivity index (χ1v) is 9.38. The van der Waals surface area contributed by atoms with Crippen molar-refractivity contribution < 1.29 is 30.5 Å². The van der Waals surface area contributed by atoms with Gasteiger partial charge in [-0.25, -0.2) is 0 Å². The summed E-state index contributed by atoms with van der Waals surface area (Å²) in [6, 6.07) is 3.16. The Morgan fingerprint density at radius 1 is 1.18 bits per heavy atom. The molecule has 12 heteroatoms. The lowest BCUT2D eigenvalue weighted by Gasteiger charge is -2.07. The molecule has 0 atom stereocenters. The summed E-state index contributed by atoms with van der Waals surface area (Å²) in [5, 5.41) is 10.5. The van der Waals surface area contributed by atoms with Crippen molar-refractivity contribution >= 4 is 37.5 Å². The molecule has 124 valence electrons. The van der Waals surface area contributed by atoms with Crippen LogP contribution in [-0.4, -0.2) is 37.8 Å². The molecule has 0 aromatic heterocycles. The average Bonchev–Trinajstić information content (AvgIpc) is 2.35. The minimum absolute atomic E-state index is 0.0577. The highest BCUT2D eigenvalue weighted by molar-refractivity contribution is 7.87. The average molecular weight is 374 g/mol. The second kappa shape index (κ2) is 7.22. The SMILES string of the molecule is O=[N+]([O-])c1cc(OS(=O)(=O)CCCCS(=O)(=O)O)ccc1Cl. The first-order chi connectivity index (χ1) is 10.0. The topological polar surface area (TPSA) is 141 Å². The van der Waals surface area contributed by atoms with Crippen molar-refractivity contribution in [3.05, 3.63) is 33.3 Å². The van der Waals surface area contributed by atoms with Gasteiger partial charge in [0.05, 0.1) is 22.5 Å². The molecular formula is C10H12ClNO8S2. The maximum atomic E-state index is 11.7. The number of nitrogens with zero attached hydrogens (tertiary/aromatic N) is 1. The molecule has 1 rings (SSSR count). The van der Waals surface area contributed by atoms with Crippen LogP contribution < -0.4 is 4.18 Å². The predicted octanol–water partition coefficient (Wildman–Crippen LogP) is 1.62. The molecule has 1 aromatic carbocycles. The van der Waals surface area contributed by atoms with E-state index < -0.39 is 42.4 Å². The van der Waals surface area contributed by atoms with E-state index in [9.17, 15) is 26.9 Å². The monoisotopic (exact) mass is 373 g/mol. The zero-order valence-electron chi connectivity index (χ0n) is 11.0. The van der Waals surface area contributed by atoms with Crippen LogP contribution in [0.1, 0.15) is 12.8 Å². The van der Waals surface area contributed by atoms with E-state index in [-0.39, 0.29) is 23.6 Å². The molecular weight excluding hydrogens is 362 g/mol. The van der Waals surface area contributed by atoms with Crippen LogP contribution in [0.4, 0.5) is 5.69 Å². The van der Waals surface area contributed by atoms with Gasteiger partial charge in [0.15, 0.2) is 0 Å². The standard InChI is InChI=1S/C10H12ClNO8S2/c11-9-4-3-8(7-10(9)12(13)14)20-22(18,19)6-2-1-5-21(15,16)17/h3-4,7H,1-2,5-6H2,(H,15,16,17). The van der Waals surface area contributed by atoms with Crippen LogP contribution >= 0.6 is 11.6 Å². The first kappa shape index (κ1) is 18.6. The molecule has 0 aliphatic rings. The van der Waals surface area contributed by atoms with Gasteiger partial charge < -0.3 is 4.18 Å². The van der Waals surface area contributed by atoms with Gasteiger partial charge in [-0.05, 0) is 25.0 Å². The van der Waals surface area contributed by atoms with Gasteiger partial charge in [0, 0.05) is 0 Å². The second-order valence-corrected chi connectivity index (χ2v) is 7.88. The number of halogens is 1. The smallest absolute Gasteiger partial charge is 0.309 e. The Kier molecular flexibility index (Phi) is 6.11. The third-order valence-electron chi connectivity index (χ3n) is 2.38. The zero-order valence-corrected chi connectivity index (χ0v) is 13.4. The molecule has 1 N–H and O–H groups in total. The van der Waals surface area contributed by atoms with Crippen LogP contribution in [0.25, 0.3) is 0 Å². The van der Waals surface area contributed by atoms with Crippen molar-refractivity contribution in [2.45, 2.75) is 12.8 Å². The van der Waals surface area contributed by atoms with E-state index in [2.05, 4.69) is 4.18 Å². The Hall–Kier alpha value is -1.43. The third kappa shape index (κ3) is 6.56. The van der Waals surface area contributed by atoms with Crippen molar-refractivity contribution in [2.75, 3.05) is 11.5 Å². The van der Waals surface area contributed by atoms with Gasteiger partial charge in [-0.3, -0.25) is 14.7 Å². The van der Waals surface area contributed by atoms with Crippen molar-refractivity contribution in [3.63, 3.8) is 0 Å². The molecule has 0 heterocycles. The van der Waals surface area contributed by atoms with Crippen LogP contribution in [-0.2, 0) is 20.2 Å². The lowest BCUT2D eigenvalue weighted by molar-refractivity contribution is -0.384. The lowest BCUT2D eigenvalue weighted by Crippen LogP contribution is -2.15. The molecule has 0 saturated heterocycles. The van der Waals surface area contributed by atoms with E-state index >= 15 is 0 Å². The Morgan fingerprint density at radius 2 is 1.77 bits per heavy atom.